The normalized spacial score (nSPS) is 10.5. The summed E-state index contributed by atoms with van der Waals surface area (Å²) in [6.45, 7) is -0.0213. The van der Waals surface area contributed by atoms with Crippen LogP contribution in [-0.4, -0.2) is 29.8 Å². The standard InChI is InChI=1S/C15H15BrN4O4/c16-11-3-4-13(21)10(6-11)7-19-20-14(22)9-18-15(23)17-8-12-2-1-5-24-12/h1-7,21H,8-9H2,(H,20,22)(H2,17,18,23). The van der Waals surface area contributed by atoms with E-state index in [0.717, 1.165) is 4.47 Å². The van der Waals surface area contributed by atoms with Crippen molar-refractivity contribution in [3.8, 4) is 5.75 Å². The Morgan fingerprint density at radius 3 is 2.88 bits per heavy atom. The van der Waals surface area contributed by atoms with Crippen LogP contribution in [-0.2, 0) is 11.3 Å². The molecule has 1 heterocycles. The monoisotopic (exact) mass is 394 g/mol. The molecule has 0 aliphatic rings. The molecule has 0 bridgehead atoms. The number of hydrogen-bond donors (Lipinski definition) is 4. The number of phenols is 1. The van der Waals surface area contributed by atoms with Crippen molar-refractivity contribution in [2.75, 3.05) is 6.54 Å². The number of furan rings is 1. The minimum absolute atomic E-state index is 0.0339. The van der Waals surface area contributed by atoms with Crippen LogP contribution in [0.1, 0.15) is 11.3 Å². The predicted octanol–water partition coefficient (Wildman–Crippen LogP) is 1.70. The van der Waals surface area contributed by atoms with Gasteiger partial charge in [-0.3, -0.25) is 4.79 Å². The number of benzene rings is 1. The molecule has 0 spiro atoms. The van der Waals surface area contributed by atoms with E-state index < -0.39 is 11.9 Å². The Hall–Kier alpha value is -2.81. The minimum atomic E-state index is -0.506. The van der Waals surface area contributed by atoms with Crippen molar-refractivity contribution in [2.24, 2.45) is 5.10 Å². The van der Waals surface area contributed by atoms with Gasteiger partial charge in [0.15, 0.2) is 0 Å². The highest BCUT2D eigenvalue weighted by atomic mass is 79.9. The molecule has 3 amide bonds. The molecule has 24 heavy (non-hydrogen) atoms. The van der Waals surface area contributed by atoms with E-state index in [4.69, 9.17) is 4.42 Å². The number of amides is 3. The van der Waals surface area contributed by atoms with E-state index in [0.29, 0.717) is 11.3 Å². The Kier molecular flexibility index (Phi) is 6.38. The molecule has 0 aliphatic carbocycles. The van der Waals surface area contributed by atoms with Gasteiger partial charge in [-0.2, -0.15) is 5.10 Å². The van der Waals surface area contributed by atoms with Crippen molar-refractivity contribution in [1.82, 2.24) is 16.1 Å². The molecular formula is C15H15BrN4O4. The first-order valence-electron chi connectivity index (χ1n) is 6.89. The van der Waals surface area contributed by atoms with Crippen molar-refractivity contribution < 1.29 is 19.1 Å². The number of urea groups is 1. The average Bonchev–Trinajstić information content (AvgIpc) is 3.07. The number of nitrogens with one attached hydrogen (secondary N) is 3. The number of rotatable bonds is 6. The number of aromatic hydroxyl groups is 1. The molecule has 126 valence electrons. The number of hydrogen-bond acceptors (Lipinski definition) is 5. The van der Waals surface area contributed by atoms with E-state index in [1.54, 1.807) is 24.3 Å². The molecule has 9 heteroatoms. The highest BCUT2D eigenvalue weighted by Gasteiger charge is 2.05. The summed E-state index contributed by atoms with van der Waals surface area (Å²) in [6.07, 6.45) is 2.80. The fourth-order valence-electron chi connectivity index (χ4n) is 1.65. The highest BCUT2D eigenvalue weighted by Crippen LogP contribution is 2.19. The summed E-state index contributed by atoms with van der Waals surface area (Å²) in [5.74, 6) is 0.133. The van der Waals surface area contributed by atoms with Crippen LogP contribution in [0.5, 0.6) is 5.75 Å². The van der Waals surface area contributed by atoms with Gasteiger partial charge < -0.3 is 20.2 Å². The molecule has 8 nitrogen and oxygen atoms in total. The summed E-state index contributed by atoms with van der Waals surface area (Å²) >= 11 is 3.27. The largest absolute Gasteiger partial charge is 0.507 e. The van der Waals surface area contributed by atoms with Gasteiger partial charge in [-0.25, -0.2) is 10.2 Å². The summed E-state index contributed by atoms with van der Waals surface area (Å²) in [4.78, 5) is 23.1. The van der Waals surface area contributed by atoms with Gasteiger partial charge in [0.1, 0.15) is 18.1 Å². The Morgan fingerprint density at radius 1 is 1.29 bits per heavy atom. The first kappa shape index (κ1) is 17.5. The van der Waals surface area contributed by atoms with E-state index in [9.17, 15) is 14.7 Å². The molecular weight excluding hydrogens is 380 g/mol. The summed E-state index contributed by atoms with van der Waals surface area (Å²) < 4.78 is 5.82. The van der Waals surface area contributed by atoms with Crippen molar-refractivity contribution in [1.29, 1.82) is 0 Å². The van der Waals surface area contributed by atoms with Crippen molar-refractivity contribution in [2.45, 2.75) is 6.54 Å². The zero-order valence-electron chi connectivity index (χ0n) is 12.5. The second kappa shape index (κ2) is 8.73. The number of halogens is 1. The summed E-state index contributed by atoms with van der Waals surface area (Å²) in [5.41, 5.74) is 2.68. The zero-order valence-corrected chi connectivity index (χ0v) is 14.0. The third-order valence-corrected chi connectivity index (χ3v) is 3.29. The van der Waals surface area contributed by atoms with E-state index >= 15 is 0 Å². The van der Waals surface area contributed by atoms with Gasteiger partial charge in [0.05, 0.1) is 19.0 Å². The van der Waals surface area contributed by atoms with E-state index in [1.807, 2.05) is 0 Å². The van der Waals surface area contributed by atoms with Crippen LogP contribution in [0.2, 0.25) is 0 Å². The number of nitrogens with zero attached hydrogens (tertiary/aromatic N) is 1. The van der Waals surface area contributed by atoms with E-state index in [2.05, 4.69) is 37.1 Å². The van der Waals surface area contributed by atoms with E-state index in [1.165, 1.54) is 18.5 Å². The molecule has 1 aromatic carbocycles. The fourth-order valence-corrected chi connectivity index (χ4v) is 2.02. The number of hydrazone groups is 1. The quantitative estimate of drug-likeness (QED) is 0.440. The second-order valence-corrected chi connectivity index (χ2v) is 5.53. The smallest absolute Gasteiger partial charge is 0.315 e. The van der Waals surface area contributed by atoms with Gasteiger partial charge in [-0.15, -0.1) is 0 Å². The fraction of sp³-hybridized carbons (Fsp3) is 0.133. The van der Waals surface area contributed by atoms with Crippen LogP contribution >= 0.6 is 15.9 Å². The molecule has 4 N–H and O–H groups in total. The van der Waals surface area contributed by atoms with Gasteiger partial charge in [0, 0.05) is 10.0 Å². The highest BCUT2D eigenvalue weighted by molar-refractivity contribution is 9.10. The maximum Gasteiger partial charge on any atom is 0.315 e. The first-order chi connectivity index (χ1) is 11.5. The maximum absolute atomic E-state index is 11.6. The lowest BCUT2D eigenvalue weighted by molar-refractivity contribution is -0.120. The van der Waals surface area contributed by atoms with Crippen LogP contribution in [0.15, 0.2) is 50.6 Å². The van der Waals surface area contributed by atoms with Gasteiger partial charge >= 0.3 is 6.03 Å². The van der Waals surface area contributed by atoms with Gasteiger partial charge in [0.25, 0.3) is 5.91 Å². The second-order valence-electron chi connectivity index (χ2n) is 4.61. The molecule has 0 atom stereocenters. The lowest BCUT2D eigenvalue weighted by atomic mass is 10.2. The van der Waals surface area contributed by atoms with Gasteiger partial charge in [0.2, 0.25) is 0 Å². The number of carbonyl (C=O) groups excluding carboxylic acids is 2. The lowest BCUT2D eigenvalue weighted by Gasteiger charge is -2.05. The minimum Gasteiger partial charge on any atom is -0.507 e. The number of phenolic OH excluding ortho intramolecular Hbond substituents is 1. The van der Waals surface area contributed by atoms with E-state index in [-0.39, 0.29) is 18.8 Å². The number of carbonyl (C=O) groups is 2. The Labute approximate surface area is 146 Å². The zero-order chi connectivity index (χ0) is 17.4. The summed E-state index contributed by atoms with van der Waals surface area (Å²) in [5, 5.41) is 18.2. The topological polar surface area (TPSA) is 116 Å². The Bertz CT molecular complexity index is 731. The van der Waals surface area contributed by atoms with Crippen LogP contribution in [0.4, 0.5) is 4.79 Å². The molecule has 0 saturated heterocycles. The third kappa shape index (κ3) is 5.76. The Balaban J connectivity index is 1.70. The molecule has 0 aliphatic heterocycles. The molecule has 2 rings (SSSR count). The molecule has 1 aromatic heterocycles. The van der Waals surface area contributed by atoms with Crippen LogP contribution in [0, 0.1) is 0 Å². The molecule has 0 fully saturated rings. The molecule has 0 unspecified atom stereocenters. The third-order valence-electron chi connectivity index (χ3n) is 2.80. The van der Waals surface area contributed by atoms with Gasteiger partial charge in [-0.05, 0) is 30.3 Å². The maximum atomic E-state index is 11.6. The van der Waals surface area contributed by atoms with Crippen molar-refractivity contribution in [3.05, 3.63) is 52.4 Å². The van der Waals surface area contributed by atoms with Crippen LogP contribution < -0.4 is 16.1 Å². The predicted molar refractivity (Wildman–Crippen MR) is 90.5 cm³/mol. The summed E-state index contributed by atoms with van der Waals surface area (Å²) in [7, 11) is 0. The van der Waals surface area contributed by atoms with Crippen LogP contribution in [0.3, 0.4) is 0 Å². The average molecular weight is 395 g/mol. The molecule has 0 radical (unpaired) electrons. The Morgan fingerprint density at radius 2 is 2.12 bits per heavy atom. The van der Waals surface area contributed by atoms with Crippen molar-refractivity contribution in [3.63, 3.8) is 0 Å². The van der Waals surface area contributed by atoms with Crippen LogP contribution in [0.25, 0.3) is 0 Å². The van der Waals surface area contributed by atoms with Gasteiger partial charge in [-0.1, -0.05) is 15.9 Å². The summed E-state index contributed by atoms with van der Waals surface area (Å²) in [6, 6.07) is 7.75. The first-order valence-corrected chi connectivity index (χ1v) is 7.68. The molecule has 0 saturated carbocycles. The molecule has 2 aromatic rings. The van der Waals surface area contributed by atoms with Crippen molar-refractivity contribution >= 4 is 34.1 Å². The lowest BCUT2D eigenvalue weighted by Crippen LogP contribution is -2.40. The SMILES string of the molecule is O=C(CNC(=O)NCc1ccco1)NN=Cc1cc(Br)ccc1O.